The Morgan fingerprint density at radius 1 is 1.47 bits per heavy atom. The highest BCUT2D eigenvalue weighted by atomic mass is 16.5. The third-order valence-corrected chi connectivity index (χ3v) is 2.99. The van der Waals surface area contributed by atoms with Crippen LogP contribution in [0.4, 0.5) is 0 Å². The summed E-state index contributed by atoms with van der Waals surface area (Å²) in [5.74, 6) is 0. The van der Waals surface area contributed by atoms with Gasteiger partial charge in [-0.25, -0.2) is 4.79 Å². The lowest BCUT2D eigenvalue weighted by Crippen LogP contribution is -2.34. The van der Waals surface area contributed by atoms with Crippen LogP contribution in [-0.4, -0.2) is 33.5 Å². The number of nitrogens with one attached hydrogen (secondary N) is 1. The predicted octanol–water partition coefficient (Wildman–Crippen LogP) is -0.615. The van der Waals surface area contributed by atoms with Crippen molar-refractivity contribution in [3.8, 4) is 0 Å². The van der Waals surface area contributed by atoms with E-state index in [4.69, 9.17) is 9.84 Å². The van der Waals surface area contributed by atoms with E-state index in [-0.39, 0.29) is 24.4 Å². The van der Waals surface area contributed by atoms with Gasteiger partial charge in [-0.3, -0.25) is 14.3 Å². The van der Waals surface area contributed by atoms with Gasteiger partial charge in [0.05, 0.1) is 25.4 Å². The first kappa shape index (κ1) is 12.1. The molecular formula is C11H16N2O4. The summed E-state index contributed by atoms with van der Waals surface area (Å²) in [6.45, 7) is 2.07. The van der Waals surface area contributed by atoms with Gasteiger partial charge in [-0.05, 0) is 19.8 Å². The number of nitrogens with zero attached hydrogens (tertiary/aromatic N) is 1. The van der Waals surface area contributed by atoms with Gasteiger partial charge < -0.3 is 9.84 Å². The molecule has 0 saturated carbocycles. The van der Waals surface area contributed by atoms with E-state index in [9.17, 15) is 9.59 Å². The molecule has 1 aromatic rings. The molecule has 17 heavy (non-hydrogen) atoms. The molecule has 6 nitrogen and oxygen atoms in total. The number of aliphatic hydroxyl groups excluding tert-OH is 1. The van der Waals surface area contributed by atoms with Gasteiger partial charge in [0.25, 0.3) is 5.56 Å². The van der Waals surface area contributed by atoms with E-state index in [0.717, 1.165) is 12.8 Å². The standard InChI is InChI=1S/C11H16N2O4/c1-7-4-13(11(16)12-10(7)15)5-8-2-3-9(6-14)17-8/h4,8-9,14H,2-3,5-6H2,1H3,(H,12,15,16). The minimum absolute atomic E-state index is 0.00997. The van der Waals surface area contributed by atoms with Crippen LogP contribution in [0.5, 0.6) is 0 Å². The SMILES string of the molecule is Cc1cn(CC2CCC(CO)O2)c(=O)[nH]c1=O. The fraction of sp³-hybridized carbons (Fsp3) is 0.636. The largest absolute Gasteiger partial charge is 0.394 e. The minimum atomic E-state index is -0.420. The Balaban J connectivity index is 2.12. The maximum absolute atomic E-state index is 11.5. The molecule has 2 heterocycles. The van der Waals surface area contributed by atoms with E-state index in [2.05, 4.69) is 4.98 Å². The number of H-pyrrole nitrogens is 1. The quantitative estimate of drug-likeness (QED) is 0.738. The van der Waals surface area contributed by atoms with E-state index in [1.54, 1.807) is 6.92 Å². The zero-order chi connectivity index (χ0) is 12.4. The molecule has 2 atom stereocenters. The van der Waals surface area contributed by atoms with Crippen molar-refractivity contribution in [1.82, 2.24) is 9.55 Å². The Hall–Kier alpha value is -1.40. The fourth-order valence-corrected chi connectivity index (χ4v) is 2.02. The number of hydrogen-bond donors (Lipinski definition) is 2. The average molecular weight is 240 g/mol. The summed E-state index contributed by atoms with van der Waals surface area (Å²) in [5, 5.41) is 8.94. The number of aryl methyl sites for hydroxylation is 1. The minimum Gasteiger partial charge on any atom is -0.394 e. The highest BCUT2D eigenvalue weighted by Crippen LogP contribution is 2.19. The molecule has 2 unspecified atom stereocenters. The topological polar surface area (TPSA) is 84.3 Å². The van der Waals surface area contributed by atoms with Gasteiger partial charge >= 0.3 is 5.69 Å². The van der Waals surface area contributed by atoms with Crippen molar-refractivity contribution in [2.75, 3.05) is 6.61 Å². The second kappa shape index (κ2) is 4.85. The van der Waals surface area contributed by atoms with Crippen LogP contribution in [0, 0.1) is 6.92 Å². The van der Waals surface area contributed by atoms with Gasteiger partial charge in [0.2, 0.25) is 0 Å². The maximum atomic E-state index is 11.5. The van der Waals surface area contributed by atoms with Crippen molar-refractivity contribution in [2.45, 2.75) is 38.5 Å². The highest BCUT2D eigenvalue weighted by molar-refractivity contribution is 5.00. The Kier molecular flexibility index (Phi) is 3.44. The summed E-state index contributed by atoms with van der Waals surface area (Å²) in [4.78, 5) is 25.0. The van der Waals surface area contributed by atoms with Crippen molar-refractivity contribution in [2.24, 2.45) is 0 Å². The summed E-state index contributed by atoms with van der Waals surface area (Å²) in [6.07, 6.45) is 2.96. The molecule has 2 rings (SSSR count). The summed E-state index contributed by atoms with van der Waals surface area (Å²) >= 11 is 0. The molecule has 0 radical (unpaired) electrons. The molecule has 0 aliphatic carbocycles. The van der Waals surface area contributed by atoms with Crippen molar-refractivity contribution in [3.63, 3.8) is 0 Å². The Morgan fingerprint density at radius 3 is 2.82 bits per heavy atom. The van der Waals surface area contributed by atoms with Crippen molar-refractivity contribution in [3.05, 3.63) is 32.6 Å². The number of rotatable bonds is 3. The van der Waals surface area contributed by atoms with E-state index in [1.807, 2.05) is 0 Å². The summed E-state index contributed by atoms with van der Waals surface area (Å²) in [5.41, 5.74) is -0.273. The predicted molar refractivity (Wildman–Crippen MR) is 61.0 cm³/mol. The first-order chi connectivity index (χ1) is 8.10. The fourth-order valence-electron chi connectivity index (χ4n) is 2.02. The molecule has 1 fully saturated rings. The third kappa shape index (κ3) is 2.65. The molecule has 1 saturated heterocycles. The normalized spacial score (nSPS) is 24.1. The lowest BCUT2D eigenvalue weighted by atomic mass is 10.2. The number of hydrogen-bond acceptors (Lipinski definition) is 4. The average Bonchev–Trinajstić information content (AvgIpc) is 2.73. The number of aromatic nitrogens is 2. The Bertz CT molecular complexity index is 505. The number of aliphatic hydroxyl groups is 1. The number of ether oxygens (including phenoxy) is 1. The maximum Gasteiger partial charge on any atom is 0.328 e. The zero-order valence-electron chi connectivity index (χ0n) is 9.68. The second-order valence-corrected chi connectivity index (χ2v) is 4.36. The lowest BCUT2D eigenvalue weighted by Gasteiger charge is -2.13. The van der Waals surface area contributed by atoms with Gasteiger partial charge in [0.1, 0.15) is 0 Å². The molecule has 0 bridgehead atoms. The van der Waals surface area contributed by atoms with E-state index < -0.39 is 5.69 Å². The molecule has 94 valence electrons. The molecule has 1 aromatic heterocycles. The van der Waals surface area contributed by atoms with Crippen molar-refractivity contribution >= 4 is 0 Å². The highest BCUT2D eigenvalue weighted by Gasteiger charge is 2.25. The second-order valence-electron chi connectivity index (χ2n) is 4.36. The van der Waals surface area contributed by atoms with Crippen LogP contribution < -0.4 is 11.2 Å². The van der Waals surface area contributed by atoms with Crippen LogP contribution in [-0.2, 0) is 11.3 Å². The molecule has 0 spiro atoms. The molecular weight excluding hydrogens is 224 g/mol. The summed E-state index contributed by atoms with van der Waals surface area (Å²) in [7, 11) is 0. The van der Waals surface area contributed by atoms with E-state index in [0.29, 0.717) is 12.1 Å². The Labute approximate surface area is 97.9 Å². The molecule has 0 amide bonds. The monoisotopic (exact) mass is 240 g/mol. The third-order valence-electron chi connectivity index (χ3n) is 2.99. The van der Waals surface area contributed by atoms with Crippen LogP contribution >= 0.6 is 0 Å². The summed E-state index contributed by atoms with van der Waals surface area (Å²) < 4.78 is 6.98. The smallest absolute Gasteiger partial charge is 0.328 e. The van der Waals surface area contributed by atoms with Crippen LogP contribution in [0.3, 0.4) is 0 Å². The van der Waals surface area contributed by atoms with Gasteiger partial charge in [0.15, 0.2) is 0 Å². The van der Waals surface area contributed by atoms with Crippen molar-refractivity contribution in [1.29, 1.82) is 0 Å². The summed E-state index contributed by atoms with van der Waals surface area (Å²) in [6, 6.07) is 0. The number of aromatic amines is 1. The van der Waals surface area contributed by atoms with Crippen molar-refractivity contribution < 1.29 is 9.84 Å². The van der Waals surface area contributed by atoms with E-state index >= 15 is 0 Å². The zero-order valence-corrected chi connectivity index (χ0v) is 9.68. The van der Waals surface area contributed by atoms with Gasteiger partial charge in [-0.1, -0.05) is 0 Å². The first-order valence-electron chi connectivity index (χ1n) is 5.67. The molecule has 1 aliphatic heterocycles. The van der Waals surface area contributed by atoms with Gasteiger partial charge in [0, 0.05) is 11.8 Å². The van der Waals surface area contributed by atoms with Crippen LogP contribution in [0.1, 0.15) is 18.4 Å². The van der Waals surface area contributed by atoms with E-state index in [1.165, 1.54) is 10.8 Å². The molecule has 1 aliphatic rings. The molecule has 0 aromatic carbocycles. The van der Waals surface area contributed by atoms with Gasteiger partial charge in [-0.2, -0.15) is 0 Å². The van der Waals surface area contributed by atoms with Crippen LogP contribution in [0.25, 0.3) is 0 Å². The molecule has 2 N–H and O–H groups in total. The van der Waals surface area contributed by atoms with Gasteiger partial charge in [-0.15, -0.1) is 0 Å². The Morgan fingerprint density at radius 2 is 2.18 bits per heavy atom. The van der Waals surface area contributed by atoms with Crippen LogP contribution in [0.15, 0.2) is 15.8 Å². The first-order valence-corrected chi connectivity index (χ1v) is 5.67. The molecule has 6 heteroatoms. The lowest BCUT2D eigenvalue weighted by molar-refractivity contribution is 0.00443. The van der Waals surface area contributed by atoms with Crippen LogP contribution in [0.2, 0.25) is 0 Å².